The molecule has 7 heteroatoms. The first-order valence-corrected chi connectivity index (χ1v) is 6.63. The van der Waals surface area contributed by atoms with Gasteiger partial charge in [-0.3, -0.25) is 5.10 Å². The lowest BCUT2D eigenvalue weighted by atomic mass is 10.2. The molecule has 0 aliphatic carbocycles. The zero-order chi connectivity index (χ0) is 13.1. The predicted octanol–water partition coefficient (Wildman–Crippen LogP) is 3.55. The number of nitrogens with one attached hydrogen (secondary N) is 2. The third kappa shape index (κ3) is 2.68. The quantitative estimate of drug-likeness (QED) is 0.849. The first kappa shape index (κ1) is 13.4. The molecule has 1 aromatic carbocycles. The molecule has 0 radical (unpaired) electrons. The van der Waals surface area contributed by atoms with Crippen molar-refractivity contribution in [1.29, 1.82) is 0 Å². The van der Waals surface area contributed by atoms with E-state index < -0.39 is 0 Å². The van der Waals surface area contributed by atoms with Gasteiger partial charge in [0.2, 0.25) is 4.77 Å². The van der Waals surface area contributed by atoms with Crippen molar-refractivity contribution in [3.63, 3.8) is 0 Å². The van der Waals surface area contributed by atoms with E-state index in [1.165, 1.54) is 0 Å². The molecule has 96 valence electrons. The number of halogens is 2. The number of hydrogen-bond donors (Lipinski definition) is 2. The number of aromatic nitrogens is 3. The van der Waals surface area contributed by atoms with Crippen LogP contribution < -0.4 is 5.43 Å². The van der Waals surface area contributed by atoms with Crippen molar-refractivity contribution >= 4 is 35.4 Å². The minimum Gasteiger partial charge on any atom is -0.318 e. The summed E-state index contributed by atoms with van der Waals surface area (Å²) in [5, 5.41) is 8.11. The summed E-state index contributed by atoms with van der Waals surface area (Å²) in [6.45, 7) is 2.49. The van der Waals surface area contributed by atoms with Crippen LogP contribution in [0.1, 0.15) is 18.3 Å². The molecule has 2 rings (SSSR count). The molecule has 2 N–H and O–H groups in total. The van der Waals surface area contributed by atoms with Gasteiger partial charge in [-0.15, -0.1) is 0 Å². The van der Waals surface area contributed by atoms with Gasteiger partial charge in [0.05, 0.1) is 6.54 Å². The normalized spacial score (nSPS) is 10.6. The molecular weight excluding hydrogens is 291 g/mol. The van der Waals surface area contributed by atoms with Gasteiger partial charge in [-0.1, -0.05) is 36.2 Å². The lowest BCUT2D eigenvalue weighted by molar-refractivity contribution is 0.763. The molecule has 0 amide bonds. The first-order chi connectivity index (χ1) is 8.63. The third-order valence-electron chi connectivity index (χ3n) is 2.53. The van der Waals surface area contributed by atoms with Crippen LogP contribution in [0, 0.1) is 4.77 Å². The number of H-pyrrole nitrogens is 1. The van der Waals surface area contributed by atoms with E-state index >= 15 is 0 Å². The zero-order valence-electron chi connectivity index (χ0n) is 9.70. The molecule has 18 heavy (non-hydrogen) atoms. The van der Waals surface area contributed by atoms with E-state index in [1.807, 2.05) is 13.0 Å². The molecule has 2 aromatic rings. The van der Waals surface area contributed by atoms with Crippen LogP contribution in [-0.2, 0) is 13.0 Å². The summed E-state index contributed by atoms with van der Waals surface area (Å²) in [4.78, 5) is 0. The summed E-state index contributed by atoms with van der Waals surface area (Å²) in [6.07, 6.45) is 0.774. The molecule has 0 atom stereocenters. The second-order valence-corrected chi connectivity index (χ2v) is 4.87. The van der Waals surface area contributed by atoms with Crippen LogP contribution in [0.15, 0.2) is 18.2 Å². The standard InChI is InChI=1S/C11H12Cl2N4S/c1-2-10-15-16-11(18)17(10)14-6-7-8(12)4-3-5-9(7)13/h3-5,14H,2,6H2,1H3,(H,16,18). The maximum atomic E-state index is 6.10. The Morgan fingerprint density at radius 1 is 1.39 bits per heavy atom. The molecule has 0 saturated carbocycles. The van der Waals surface area contributed by atoms with Crippen LogP contribution >= 0.6 is 35.4 Å². The highest BCUT2D eigenvalue weighted by Gasteiger charge is 2.07. The maximum absolute atomic E-state index is 6.10. The molecule has 0 fully saturated rings. The molecule has 0 unspecified atom stereocenters. The summed E-state index contributed by atoms with van der Waals surface area (Å²) in [5.41, 5.74) is 4.00. The third-order valence-corrected chi connectivity index (χ3v) is 3.52. The predicted molar refractivity (Wildman–Crippen MR) is 76.3 cm³/mol. The molecule has 0 saturated heterocycles. The zero-order valence-corrected chi connectivity index (χ0v) is 12.0. The van der Waals surface area contributed by atoms with Crippen molar-refractivity contribution in [3.05, 3.63) is 44.4 Å². The largest absolute Gasteiger partial charge is 0.318 e. The van der Waals surface area contributed by atoms with Gasteiger partial charge >= 0.3 is 0 Å². The molecule has 0 bridgehead atoms. The minimum atomic E-state index is 0.485. The Kier molecular flexibility index (Phi) is 4.27. The van der Waals surface area contributed by atoms with Gasteiger partial charge in [0, 0.05) is 22.0 Å². The van der Waals surface area contributed by atoms with E-state index in [0.29, 0.717) is 21.4 Å². The van der Waals surface area contributed by atoms with Gasteiger partial charge in [0.1, 0.15) is 0 Å². The smallest absolute Gasteiger partial charge is 0.214 e. The summed E-state index contributed by atoms with van der Waals surface area (Å²) in [7, 11) is 0. The highest BCUT2D eigenvalue weighted by Crippen LogP contribution is 2.24. The minimum absolute atomic E-state index is 0.485. The fourth-order valence-corrected chi connectivity index (χ4v) is 2.34. The van der Waals surface area contributed by atoms with Crippen molar-refractivity contribution in [2.75, 3.05) is 5.43 Å². The Morgan fingerprint density at radius 3 is 2.67 bits per heavy atom. The maximum Gasteiger partial charge on any atom is 0.214 e. The van der Waals surface area contributed by atoms with E-state index in [-0.39, 0.29) is 0 Å². The van der Waals surface area contributed by atoms with Crippen molar-refractivity contribution in [1.82, 2.24) is 14.9 Å². The van der Waals surface area contributed by atoms with E-state index in [4.69, 9.17) is 35.4 Å². The summed E-state index contributed by atoms with van der Waals surface area (Å²) in [5.74, 6) is 0.836. The Labute approximate surface area is 120 Å². The van der Waals surface area contributed by atoms with E-state index in [9.17, 15) is 0 Å². The van der Waals surface area contributed by atoms with Crippen molar-refractivity contribution in [2.45, 2.75) is 19.9 Å². The van der Waals surface area contributed by atoms with Crippen LogP contribution in [0.3, 0.4) is 0 Å². The fourth-order valence-electron chi connectivity index (χ4n) is 1.59. The molecule has 0 aliphatic rings. The lowest BCUT2D eigenvalue weighted by Crippen LogP contribution is -2.17. The number of aryl methyl sites for hydroxylation is 1. The van der Waals surface area contributed by atoms with Crippen LogP contribution in [0.2, 0.25) is 10.0 Å². The van der Waals surface area contributed by atoms with Crippen molar-refractivity contribution in [2.24, 2.45) is 0 Å². The highest BCUT2D eigenvalue weighted by atomic mass is 35.5. The van der Waals surface area contributed by atoms with Gasteiger partial charge in [-0.25, -0.2) is 4.68 Å². The topological polar surface area (TPSA) is 45.6 Å². The summed E-state index contributed by atoms with van der Waals surface area (Å²) < 4.78 is 2.25. The number of hydrogen-bond acceptors (Lipinski definition) is 3. The lowest BCUT2D eigenvalue weighted by Gasteiger charge is -2.11. The molecule has 1 aromatic heterocycles. The van der Waals surface area contributed by atoms with Gasteiger partial charge in [0.15, 0.2) is 5.82 Å². The average Bonchev–Trinajstić information content (AvgIpc) is 2.70. The van der Waals surface area contributed by atoms with Crippen LogP contribution in [0.4, 0.5) is 0 Å². The van der Waals surface area contributed by atoms with Crippen LogP contribution in [0.25, 0.3) is 0 Å². The summed E-state index contributed by atoms with van der Waals surface area (Å²) >= 11 is 17.3. The number of benzene rings is 1. The fraction of sp³-hybridized carbons (Fsp3) is 0.273. The van der Waals surface area contributed by atoms with Crippen LogP contribution in [0.5, 0.6) is 0 Å². The summed E-state index contributed by atoms with van der Waals surface area (Å²) in [6, 6.07) is 5.43. The SMILES string of the molecule is CCc1n[nH]c(=S)n1NCc1c(Cl)cccc1Cl. The number of rotatable bonds is 4. The van der Waals surface area contributed by atoms with E-state index in [1.54, 1.807) is 16.8 Å². The van der Waals surface area contributed by atoms with Gasteiger partial charge in [0.25, 0.3) is 0 Å². The highest BCUT2D eigenvalue weighted by molar-refractivity contribution is 7.71. The van der Waals surface area contributed by atoms with Crippen molar-refractivity contribution in [3.8, 4) is 0 Å². The van der Waals surface area contributed by atoms with Gasteiger partial charge in [-0.2, -0.15) is 5.10 Å². The second-order valence-electron chi connectivity index (χ2n) is 3.67. The molecule has 0 spiro atoms. The Morgan fingerprint density at radius 2 is 2.06 bits per heavy atom. The van der Waals surface area contributed by atoms with Crippen LogP contribution in [-0.4, -0.2) is 14.9 Å². The second kappa shape index (κ2) is 5.73. The monoisotopic (exact) mass is 302 g/mol. The number of aromatic amines is 1. The Bertz CT molecular complexity index is 585. The van der Waals surface area contributed by atoms with Crippen molar-refractivity contribution < 1.29 is 0 Å². The molecule has 4 nitrogen and oxygen atoms in total. The molecule has 1 heterocycles. The van der Waals surface area contributed by atoms with Gasteiger partial charge in [-0.05, 0) is 24.4 Å². The van der Waals surface area contributed by atoms with Gasteiger partial charge < -0.3 is 5.43 Å². The Hall–Kier alpha value is -1.04. The molecule has 0 aliphatic heterocycles. The molecular formula is C11H12Cl2N4S. The van der Waals surface area contributed by atoms with E-state index in [2.05, 4.69) is 15.6 Å². The van der Waals surface area contributed by atoms with E-state index in [0.717, 1.165) is 17.8 Å². The number of nitrogens with zero attached hydrogens (tertiary/aromatic N) is 2. The Balaban J connectivity index is 2.21. The average molecular weight is 303 g/mol. The first-order valence-electron chi connectivity index (χ1n) is 5.46.